The Morgan fingerprint density at radius 1 is 1.13 bits per heavy atom. The second-order valence-corrected chi connectivity index (χ2v) is 7.35. The van der Waals surface area contributed by atoms with E-state index in [1.807, 2.05) is 29.2 Å². The van der Waals surface area contributed by atoms with Crippen LogP contribution < -0.4 is 0 Å². The average molecular weight is 327 g/mol. The number of carbonyl (C=O) groups is 1. The molecule has 2 aromatic rings. The molecule has 4 heterocycles. The number of piperidine rings is 1. The second-order valence-electron chi connectivity index (χ2n) is 6.57. The summed E-state index contributed by atoms with van der Waals surface area (Å²) in [5.74, 6) is 0.222. The van der Waals surface area contributed by atoms with E-state index in [4.69, 9.17) is 0 Å². The molecular weight excluding hydrogens is 306 g/mol. The molecule has 2 aliphatic heterocycles. The van der Waals surface area contributed by atoms with Gasteiger partial charge in [-0.25, -0.2) is 0 Å². The summed E-state index contributed by atoms with van der Waals surface area (Å²) in [4.78, 5) is 21.3. The minimum absolute atomic E-state index is 0.119. The van der Waals surface area contributed by atoms with Crippen LogP contribution in [0.5, 0.6) is 0 Å². The van der Waals surface area contributed by atoms with E-state index in [0.29, 0.717) is 0 Å². The lowest BCUT2D eigenvalue weighted by atomic mass is 9.76. The number of hydrogen-bond acceptors (Lipinski definition) is 4. The Kier molecular flexibility index (Phi) is 3.91. The molecule has 120 valence electrons. The zero-order valence-corrected chi connectivity index (χ0v) is 14.0. The van der Waals surface area contributed by atoms with Crippen LogP contribution in [0.4, 0.5) is 0 Å². The molecule has 0 unspecified atom stereocenters. The molecule has 4 rings (SSSR count). The van der Waals surface area contributed by atoms with Crippen LogP contribution in [0.2, 0.25) is 0 Å². The summed E-state index contributed by atoms with van der Waals surface area (Å²) in [6.07, 6.45) is 7.05. The van der Waals surface area contributed by atoms with Crippen molar-refractivity contribution in [1.29, 1.82) is 0 Å². The third-order valence-electron chi connectivity index (χ3n) is 5.33. The number of pyridine rings is 1. The average Bonchev–Trinajstić information content (AvgIpc) is 3.10. The first kappa shape index (κ1) is 14.8. The van der Waals surface area contributed by atoms with Gasteiger partial charge in [0.1, 0.15) is 0 Å². The summed E-state index contributed by atoms with van der Waals surface area (Å²) < 4.78 is 0. The van der Waals surface area contributed by atoms with Gasteiger partial charge in [-0.2, -0.15) is 11.3 Å². The summed E-state index contributed by atoms with van der Waals surface area (Å²) in [5, 5.41) is 3.95. The smallest absolute Gasteiger partial charge is 0.255 e. The molecule has 23 heavy (non-hydrogen) atoms. The van der Waals surface area contributed by atoms with Crippen LogP contribution in [0.3, 0.4) is 0 Å². The van der Waals surface area contributed by atoms with Crippen molar-refractivity contribution in [3.8, 4) is 0 Å². The minimum atomic E-state index is 0.119. The molecule has 2 fully saturated rings. The highest BCUT2D eigenvalue weighted by Crippen LogP contribution is 2.41. The molecule has 5 heteroatoms. The minimum Gasteiger partial charge on any atom is -0.333 e. The van der Waals surface area contributed by atoms with Crippen LogP contribution in [0, 0.1) is 0 Å². The molecule has 0 radical (unpaired) electrons. The Balaban J connectivity index is 1.38. The van der Waals surface area contributed by atoms with E-state index in [9.17, 15) is 4.79 Å². The van der Waals surface area contributed by atoms with Crippen LogP contribution in [0.1, 0.15) is 35.2 Å². The number of rotatable bonds is 3. The maximum absolute atomic E-state index is 12.6. The van der Waals surface area contributed by atoms with Gasteiger partial charge in [-0.15, -0.1) is 0 Å². The lowest BCUT2D eigenvalue weighted by Crippen LogP contribution is -2.65. The summed E-state index contributed by atoms with van der Waals surface area (Å²) in [5.41, 5.74) is 2.29. The molecule has 2 aromatic heterocycles. The van der Waals surface area contributed by atoms with Crippen molar-refractivity contribution < 1.29 is 4.79 Å². The SMILES string of the molecule is O=C(c1ccsc1)N1CCC12CCN(Cc1ccncc1)CC2. The molecule has 0 N–H and O–H groups in total. The Morgan fingerprint density at radius 2 is 1.87 bits per heavy atom. The van der Waals surface area contributed by atoms with Gasteiger partial charge in [-0.3, -0.25) is 14.7 Å². The normalized spacial score (nSPS) is 20.4. The standard InChI is InChI=1S/C18H21N3OS/c22-17(16-3-12-23-14-16)21-11-6-18(21)4-9-20(10-5-18)13-15-1-7-19-8-2-15/h1-3,7-8,12,14H,4-6,9-11,13H2. The van der Waals surface area contributed by atoms with E-state index in [1.54, 1.807) is 11.3 Å². The van der Waals surface area contributed by atoms with Gasteiger partial charge in [0.25, 0.3) is 5.91 Å². The van der Waals surface area contributed by atoms with Gasteiger partial charge in [0.05, 0.1) is 5.56 Å². The van der Waals surface area contributed by atoms with Gasteiger partial charge in [-0.05, 0) is 48.4 Å². The lowest BCUT2D eigenvalue weighted by Gasteiger charge is -2.56. The van der Waals surface area contributed by atoms with Crippen molar-refractivity contribution in [1.82, 2.24) is 14.8 Å². The zero-order chi connectivity index (χ0) is 15.7. The van der Waals surface area contributed by atoms with Crippen molar-refractivity contribution in [2.24, 2.45) is 0 Å². The largest absolute Gasteiger partial charge is 0.333 e. The fraction of sp³-hybridized carbons (Fsp3) is 0.444. The molecule has 1 spiro atoms. The van der Waals surface area contributed by atoms with Crippen molar-refractivity contribution in [3.05, 3.63) is 52.5 Å². The first-order valence-electron chi connectivity index (χ1n) is 8.22. The molecule has 0 saturated carbocycles. The molecule has 0 bridgehead atoms. The van der Waals surface area contributed by atoms with Crippen LogP contribution in [-0.2, 0) is 6.54 Å². The van der Waals surface area contributed by atoms with Gasteiger partial charge in [0.15, 0.2) is 0 Å². The van der Waals surface area contributed by atoms with E-state index >= 15 is 0 Å². The third-order valence-corrected chi connectivity index (χ3v) is 6.01. The molecule has 0 aliphatic carbocycles. The van der Waals surface area contributed by atoms with E-state index in [0.717, 1.165) is 51.0 Å². The highest BCUT2D eigenvalue weighted by Gasteiger charge is 2.48. The van der Waals surface area contributed by atoms with Gasteiger partial charge < -0.3 is 4.90 Å². The van der Waals surface area contributed by atoms with Gasteiger partial charge in [-0.1, -0.05) is 0 Å². The van der Waals surface area contributed by atoms with Crippen LogP contribution in [-0.4, -0.2) is 45.9 Å². The first-order chi connectivity index (χ1) is 11.3. The number of aromatic nitrogens is 1. The number of nitrogens with zero attached hydrogens (tertiary/aromatic N) is 3. The van der Waals surface area contributed by atoms with Crippen molar-refractivity contribution >= 4 is 17.2 Å². The molecule has 0 aromatic carbocycles. The van der Waals surface area contributed by atoms with Crippen LogP contribution in [0.25, 0.3) is 0 Å². The van der Waals surface area contributed by atoms with E-state index < -0.39 is 0 Å². The highest BCUT2D eigenvalue weighted by atomic mass is 32.1. The molecule has 2 saturated heterocycles. The first-order valence-corrected chi connectivity index (χ1v) is 9.17. The topological polar surface area (TPSA) is 36.4 Å². The fourth-order valence-corrected chi connectivity index (χ4v) is 4.42. The lowest BCUT2D eigenvalue weighted by molar-refractivity contribution is -0.0397. The molecular formula is C18H21N3OS. The second kappa shape index (κ2) is 6.06. The Hall–Kier alpha value is -1.72. The van der Waals surface area contributed by atoms with Crippen LogP contribution >= 0.6 is 11.3 Å². The van der Waals surface area contributed by atoms with Crippen molar-refractivity contribution in [2.45, 2.75) is 31.3 Å². The predicted octanol–water partition coefficient (Wildman–Crippen LogP) is 3.02. The fourth-order valence-electron chi connectivity index (χ4n) is 3.79. The summed E-state index contributed by atoms with van der Waals surface area (Å²) >= 11 is 1.60. The van der Waals surface area contributed by atoms with Gasteiger partial charge >= 0.3 is 0 Å². The Labute approximate surface area is 140 Å². The van der Waals surface area contributed by atoms with Crippen molar-refractivity contribution in [2.75, 3.05) is 19.6 Å². The monoisotopic (exact) mass is 327 g/mol. The molecule has 4 nitrogen and oxygen atoms in total. The number of thiophene rings is 1. The maximum atomic E-state index is 12.6. The zero-order valence-electron chi connectivity index (χ0n) is 13.1. The third kappa shape index (κ3) is 2.79. The molecule has 1 amide bonds. The van der Waals surface area contributed by atoms with Crippen molar-refractivity contribution in [3.63, 3.8) is 0 Å². The summed E-state index contributed by atoms with van der Waals surface area (Å²) in [6.45, 7) is 4.03. The highest BCUT2D eigenvalue weighted by molar-refractivity contribution is 7.08. The predicted molar refractivity (Wildman–Crippen MR) is 91.5 cm³/mol. The number of amides is 1. The summed E-state index contributed by atoms with van der Waals surface area (Å²) in [6, 6.07) is 6.11. The van der Waals surface area contributed by atoms with E-state index in [2.05, 4.69) is 26.9 Å². The Bertz CT molecular complexity index is 663. The van der Waals surface area contributed by atoms with E-state index in [-0.39, 0.29) is 11.4 Å². The number of hydrogen-bond donors (Lipinski definition) is 0. The number of carbonyl (C=O) groups excluding carboxylic acids is 1. The Morgan fingerprint density at radius 3 is 2.48 bits per heavy atom. The number of likely N-dealkylation sites (tertiary alicyclic amines) is 2. The summed E-state index contributed by atoms with van der Waals surface area (Å²) in [7, 11) is 0. The maximum Gasteiger partial charge on any atom is 0.255 e. The van der Waals surface area contributed by atoms with Crippen LogP contribution in [0.15, 0.2) is 41.4 Å². The van der Waals surface area contributed by atoms with Gasteiger partial charge in [0, 0.05) is 49.5 Å². The molecule has 2 aliphatic rings. The van der Waals surface area contributed by atoms with Gasteiger partial charge in [0.2, 0.25) is 0 Å². The van der Waals surface area contributed by atoms with E-state index in [1.165, 1.54) is 5.56 Å². The quantitative estimate of drug-likeness (QED) is 0.869. The molecule has 0 atom stereocenters.